The van der Waals surface area contributed by atoms with Gasteiger partial charge in [0.1, 0.15) is 11.9 Å². The summed E-state index contributed by atoms with van der Waals surface area (Å²) in [4.78, 5) is 0. The molecule has 82 valence electrons. The highest BCUT2D eigenvalue weighted by atomic mass is 127. The van der Waals surface area contributed by atoms with Crippen LogP contribution in [0.25, 0.3) is 0 Å². The van der Waals surface area contributed by atoms with Crippen LogP contribution >= 0.6 is 22.6 Å². The summed E-state index contributed by atoms with van der Waals surface area (Å²) in [5, 5.41) is 3.50. The van der Waals surface area contributed by atoms with Gasteiger partial charge in [0.25, 0.3) is 0 Å². The second kappa shape index (κ2) is 4.70. The van der Waals surface area contributed by atoms with Crippen LogP contribution in [-0.4, -0.2) is 12.6 Å². The molecule has 2 nitrogen and oxygen atoms in total. The SMILES string of the molecule is CCNC1c2cc(I)ccc2OC1CC. The lowest BCUT2D eigenvalue weighted by Crippen LogP contribution is -2.30. The molecule has 0 radical (unpaired) electrons. The van der Waals surface area contributed by atoms with E-state index >= 15 is 0 Å². The number of likely N-dealkylation sites (N-methyl/N-ethyl adjacent to an activating group) is 1. The first-order chi connectivity index (χ1) is 7.26. The average molecular weight is 317 g/mol. The number of rotatable bonds is 3. The largest absolute Gasteiger partial charge is 0.488 e. The Labute approximate surface area is 105 Å². The fourth-order valence-corrected chi connectivity index (χ4v) is 2.60. The molecule has 1 heterocycles. The minimum absolute atomic E-state index is 0.290. The molecule has 2 unspecified atom stereocenters. The molecule has 0 saturated carbocycles. The molecule has 1 aromatic carbocycles. The maximum atomic E-state index is 5.91. The number of hydrogen-bond acceptors (Lipinski definition) is 2. The van der Waals surface area contributed by atoms with E-state index in [-0.39, 0.29) is 6.10 Å². The molecule has 1 aromatic rings. The molecule has 1 N–H and O–H groups in total. The molecule has 0 aromatic heterocycles. The van der Waals surface area contributed by atoms with E-state index in [2.05, 4.69) is 60.0 Å². The predicted octanol–water partition coefficient (Wildman–Crippen LogP) is 3.11. The fourth-order valence-electron chi connectivity index (χ4n) is 2.08. The Morgan fingerprint density at radius 1 is 1.40 bits per heavy atom. The number of hydrogen-bond donors (Lipinski definition) is 1. The Bertz CT molecular complexity index is 353. The summed E-state index contributed by atoms with van der Waals surface area (Å²) >= 11 is 2.35. The Balaban J connectivity index is 2.32. The van der Waals surface area contributed by atoms with Crippen molar-refractivity contribution in [3.05, 3.63) is 27.3 Å². The first-order valence-electron chi connectivity index (χ1n) is 5.45. The summed E-state index contributed by atoms with van der Waals surface area (Å²) in [5.74, 6) is 1.05. The van der Waals surface area contributed by atoms with E-state index in [9.17, 15) is 0 Å². The Kier molecular flexibility index (Phi) is 3.51. The quantitative estimate of drug-likeness (QED) is 0.865. The number of halogens is 1. The highest BCUT2D eigenvalue weighted by Gasteiger charge is 2.32. The van der Waals surface area contributed by atoms with Gasteiger partial charge in [0, 0.05) is 9.13 Å². The van der Waals surface area contributed by atoms with Crippen molar-refractivity contribution in [1.82, 2.24) is 5.32 Å². The Hall–Kier alpha value is -0.290. The summed E-state index contributed by atoms with van der Waals surface area (Å²) < 4.78 is 7.18. The smallest absolute Gasteiger partial charge is 0.124 e. The zero-order valence-electron chi connectivity index (χ0n) is 9.09. The van der Waals surface area contributed by atoms with Crippen LogP contribution in [0.4, 0.5) is 0 Å². The van der Waals surface area contributed by atoms with Crippen molar-refractivity contribution in [2.24, 2.45) is 0 Å². The van der Waals surface area contributed by atoms with Crippen LogP contribution in [0.3, 0.4) is 0 Å². The van der Waals surface area contributed by atoms with Crippen molar-refractivity contribution in [2.75, 3.05) is 6.54 Å². The molecule has 0 aliphatic carbocycles. The maximum Gasteiger partial charge on any atom is 0.124 e. The van der Waals surface area contributed by atoms with Gasteiger partial charge in [-0.15, -0.1) is 0 Å². The first kappa shape index (κ1) is 11.2. The molecular formula is C12H16INO. The van der Waals surface area contributed by atoms with Crippen molar-refractivity contribution in [1.29, 1.82) is 0 Å². The standard InChI is InChI=1S/C12H16INO/c1-3-10-12(14-4-2)9-7-8(13)5-6-11(9)15-10/h5-7,10,12,14H,3-4H2,1-2H3. The summed E-state index contributed by atoms with van der Waals surface area (Å²) in [6, 6.07) is 6.76. The lowest BCUT2D eigenvalue weighted by Gasteiger charge is -2.17. The third-order valence-corrected chi connectivity index (χ3v) is 3.45. The normalized spacial score (nSPS) is 23.7. The van der Waals surface area contributed by atoms with E-state index in [1.54, 1.807) is 0 Å². The molecule has 0 saturated heterocycles. The van der Waals surface area contributed by atoms with E-state index in [1.165, 1.54) is 9.13 Å². The highest BCUT2D eigenvalue weighted by Crippen LogP contribution is 2.38. The molecule has 2 rings (SSSR count). The van der Waals surface area contributed by atoms with Gasteiger partial charge in [0.2, 0.25) is 0 Å². The number of nitrogens with one attached hydrogen (secondary N) is 1. The molecule has 15 heavy (non-hydrogen) atoms. The molecule has 0 amide bonds. The van der Waals surface area contributed by atoms with E-state index in [1.807, 2.05) is 0 Å². The van der Waals surface area contributed by atoms with Gasteiger partial charge in [-0.1, -0.05) is 13.8 Å². The predicted molar refractivity (Wildman–Crippen MR) is 70.3 cm³/mol. The third-order valence-electron chi connectivity index (χ3n) is 2.78. The third kappa shape index (κ3) is 2.13. The zero-order chi connectivity index (χ0) is 10.8. The average Bonchev–Trinajstić information content (AvgIpc) is 2.57. The van der Waals surface area contributed by atoms with Gasteiger partial charge in [-0.25, -0.2) is 0 Å². The molecule has 0 spiro atoms. The summed E-state index contributed by atoms with van der Waals surface area (Å²) in [6.45, 7) is 5.29. The molecule has 0 fully saturated rings. The van der Waals surface area contributed by atoms with Crippen LogP contribution in [0.1, 0.15) is 31.9 Å². The van der Waals surface area contributed by atoms with Crippen molar-refractivity contribution >= 4 is 22.6 Å². The van der Waals surface area contributed by atoms with E-state index in [0.717, 1.165) is 18.7 Å². The van der Waals surface area contributed by atoms with Crippen LogP contribution in [0.5, 0.6) is 5.75 Å². The lowest BCUT2D eigenvalue weighted by molar-refractivity contribution is 0.186. The van der Waals surface area contributed by atoms with E-state index in [0.29, 0.717) is 6.04 Å². The van der Waals surface area contributed by atoms with Crippen LogP contribution in [0, 0.1) is 3.57 Å². The number of benzene rings is 1. The van der Waals surface area contributed by atoms with Gasteiger partial charge in [0.05, 0.1) is 6.04 Å². The van der Waals surface area contributed by atoms with Crippen LogP contribution in [0.2, 0.25) is 0 Å². The van der Waals surface area contributed by atoms with Gasteiger partial charge in [0.15, 0.2) is 0 Å². The van der Waals surface area contributed by atoms with Crippen molar-refractivity contribution in [3.63, 3.8) is 0 Å². The van der Waals surface area contributed by atoms with Crippen molar-refractivity contribution in [2.45, 2.75) is 32.4 Å². The molecule has 1 aliphatic heterocycles. The topological polar surface area (TPSA) is 21.3 Å². The van der Waals surface area contributed by atoms with Gasteiger partial charge in [-0.3, -0.25) is 0 Å². The molecule has 3 heteroatoms. The zero-order valence-corrected chi connectivity index (χ0v) is 11.2. The van der Waals surface area contributed by atoms with Crippen LogP contribution in [0.15, 0.2) is 18.2 Å². The van der Waals surface area contributed by atoms with E-state index < -0.39 is 0 Å². The molecule has 1 aliphatic rings. The van der Waals surface area contributed by atoms with Crippen LogP contribution < -0.4 is 10.1 Å². The minimum atomic E-state index is 0.290. The monoisotopic (exact) mass is 317 g/mol. The Morgan fingerprint density at radius 2 is 2.20 bits per heavy atom. The van der Waals surface area contributed by atoms with Crippen LogP contribution in [-0.2, 0) is 0 Å². The van der Waals surface area contributed by atoms with Gasteiger partial charge < -0.3 is 10.1 Å². The summed E-state index contributed by atoms with van der Waals surface area (Å²) in [6.07, 6.45) is 1.33. The Morgan fingerprint density at radius 3 is 2.87 bits per heavy atom. The highest BCUT2D eigenvalue weighted by molar-refractivity contribution is 14.1. The summed E-state index contributed by atoms with van der Waals surface area (Å²) in [5.41, 5.74) is 1.32. The molecule has 2 atom stereocenters. The lowest BCUT2D eigenvalue weighted by atomic mass is 10.0. The number of ether oxygens (including phenoxy) is 1. The van der Waals surface area contributed by atoms with Crippen molar-refractivity contribution in [3.8, 4) is 5.75 Å². The first-order valence-corrected chi connectivity index (χ1v) is 6.53. The second-order valence-electron chi connectivity index (χ2n) is 3.78. The fraction of sp³-hybridized carbons (Fsp3) is 0.500. The van der Waals surface area contributed by atoms with Gasteiger partial charge >= 0.3 is 0 Å². The van der Waals surface area contributed by atoms with Gasteiger partial charge in [-0.2, -0.15) is 0 Å². The minimum Gasteiger partial charge on any atom is -0.488 e. The van der Waals surface area contributed by atoms with Gasteiger partial charge in [-0.05, 0) is 53.8 Å². The molecular weight excluding hydrogens is 301 g/mol. The van der Waals surface area contributed by atoms with Crippen molar-refractivity contribution < 1.29 is 4.74 Å². The number of fused-ring (bicyclic) bond motifs is 1. The summed E-state index contributed by atoms with van der Waals surface area (Å²) in [7, 11) is 0. The maximum absolute atomic E-state index is 5.91. The van der Waals surface area contributed by atoms with E-state index in [4.69, 9.17) is 4.74 Å². The second-order valence-corrected chi connectivity index (χ2v) is 5.03. The molecule has 0 bridgehead atoms.